The van der Waals surface area contributed by atoms with Gasteiger partial charge in [-0.25, -0.2) is 4.98 Å². The van der Waals surface area contributed by atoms with Crippen LogP contribution in [-0.2, 0) is 11.2 Å². The third kappa shape index (κ3) is 3.01. The third-order valence-electron chi connectivity index (χ3n) is 5.28. The number of hydrogen-bond acceptors (Lipinski definition) is 4. The number of ether oxygens (including phenoxy) is 1. The number of fused-ring (bicyclic) bond motifs is 1. The Morgan fingerprint density at radius 3 is 2.84 bits per heavy atom. The number of aromatic nitrogens is 1. The van der Waals surface area contributed by atoms with Gasteiger partial charge in [0.25, 0.3) is 5.91 Å². The summed E-state index contributed by atoms with van der Waals surface area (Å²) in [5.74, 6) is 0.555. The lowest BCUT2D eigenvalue weighted by atomic mass is 9.64. The zero-order valence-corrected chi connectivity index (χ0v) is 13.8. The van der Waals surface area contributed by atoms with E-state index in [-0.39, 0.29) is 18.1 Å². The molecule has 1 aliphatic carbocycles. The first kappa shape index (κ1) is 15.8. The van der Waals surface area contributed by atoms with Gasteiger partial charge >= 0.3 is 0 Å². The molecule has 2 aliphatic rings. The largest absolute Gasteiger partial charge is 0.377 e. The van der Waals surface area contributed by atoms with Gasteiger partial charge in [0, 0.05) is 30.7 Å². The monoisotopic (exact) mass is 333 g/mol. The van der Waals surface area contributed by atoms with Crippen molar-refractivity contribution in [2.75, 3.05) is 6.61 Å². The van der Waals surface area contributed by atoms with Crippen LogP contribution in [0.3, 0.4) is 0 Å². The SMILES string of the molecule is N#Cc1ccc(C(=O)N[C@@H]2[C@H]3CCO[C@H]3[C@H]2Cc2ccccc2)cn1. The Kier molecular flexibility index (Phi) is 4.21. The minimum atomic E-state index is -0.134. The summed E-state index contributed by atoms with van der Waals surface area (Å²) in [6.07, 6.45) is 3.59. The highest BCUT2D eigenvalue weighted by molar-refractivity contribution is 5.94. The summed E-state index contributed by atoms with van der Waals surface area (Å²) in [6.45, 7) is 0.769. The normalized spacial score (nSPS) is 27.0. The lowest BCUT2D eigenvalue weighted by Crippen LogP contribution is -2.62. The van der Waals surface area contributed by atoms with Gasteiger partial charge < -0.3 is 10.1 Å². The van der Waals surface area contributed by atoms with Crippen LogP contribution in [0.15, 0.2) is 48.7 Å². The van der Waals surface area contributed by atoms with E-state index in [1.165, 1.54) is 11.8 Å². The number of rotatable bonds is 4. The predicted octanol–water partition coefficient (Wildman–Crippen LogP) is 2.33. The molecule has 5 nitrogen and oxygen atoms in total. The smallest absolute Gasteiger partial charge is 0.253 e. The Balaban J connectivity index is 1.47. The molecule has 1 saturated heterocycles. The molecule has 4 atom stereocenters. The van der Waals surface area contributed by atoms with Crippen molar-refractivity contribution < 1.29 is 9.53 Å². The highest BCUT2D eigenvalue weighted by Crippen LogP contribution is 2.45. The summed E-state index contributed by atoms with van der Waals surface area (Å²) in [4.78, 5) is 16.5. The number of nitrogens with one attached hydrogen (secondary N) is 1. The van der Waals surface area contributed by atoms with E-state index in [1.807, 2.05) is 24.3 Å². The molecule has 4 rings (SSSR count). The van der Waals surface area contributed by atoms with Crippen LogP contribution in [0, 0.1) is 23.2 Å². The summed E-state index contributed by atoms with van der Waals surface area (Å²) in [5, 5.41) is 12.0. The molecule has 1 amide bonds. The second kappa shape index (κ2) is 6.66. The number of nitriles is 1. The Labute approximate surface area is 146 Å². The topological polar surface area (TPSA) is 75.0 Å². The Morgan fingerprint density at radius 2 is 2.12 bits per heavy atom. The van der Waals surface area contributed by atoms with Gasteiger partial charge in [0.15, 0.2) is 0 Å². The first-order chi connectivity index (χ1) is 12.3. The minimum absolute atomic E-state index is 0.121. The molecule has 0 unspecified atom stereocenters. The highest BCUT2D eigenvalue weighted by atomic mass is 16.5. The van der Waals surface area contributed by atoms with Crippen LogP contribution in [-0.4, -0.2) is 29.6 Å². The summed E-state index contributed by atoms with van der Waals surface area (Å²) in [7, 11) is 0. The molecule has 5 heteroatoms. The summed E-state index contributed by atoms with van der Waals surface area (Å²) >= 11 is 0. The molecule has 1 aromatic carbocycles. The van der Waals surface area contributed by atoms with Crippen LogP contribution in [0.2, 0.25) is 0 Å². The first-order valence-electron chi connectivity index (χ1n) is 8.59. The second-order valence-electron chi connectivity index (χ2n) is 6.68. The molecule has 0 radical (unpaired) electrons. The van der Waals surface area contributed by atoms with Gasteiger partial charge in [-0.2, -0.15) is 5.26 Å². The van der Waals surface area contributed by atoms with Gasteiger partial charge in [-0.3, -0.25) is 4.79 Å². The third-order valence-corrected chi connectivity index (χ3v) is 5.28. The molecule has 2 aromatic rings. The molecule has 0 bridgehead atoms. The lowest BCUT2D eigenvalue weighted by Gasteiger charge is -2.48. The van der Waals surface area contributed by atoms with Crippen molar-refractivity contribution >= 4 is 5.91 Å². The average Bonchev–Trinajstić information content (AvgIpc) is 3.09. The minimum Gasteiger partial charge on any atom is -0.377 e. The number of pyridine rings is 1. The van der Waals surface area contributed by atoms with E-state index in [2.05, 4.69) is 22.4 Å². The molecule has 126 valence electrons. The predicted molar refractivity (Wildman–Crippen MR) is 91.7 cm³/mol. The van der Waals surface area contributed by atoms with Crippen LogP contribution < -0.4 is 5.32 Å². The Morgan fingerprint density at radius 1 is 1.28 bits per heavy atom. The van der Waals surface area contributed by atoms with Crippen molar-refractivity contribution in [1.82, 2.24) is 10.3 Å². The van der Waals surface area contributed by atoms with Crippen molar-refractivity contribution in [2.45, 2.75) is 25.0 Å². The Hall–Kier alpha value is -2.71. The fraction of sp³-hybridized carbons (Fsp3) is 0.350. The zero-order chi connectivity index (χ0) is 17.2. The van der Waals surface area contributed by atoms with Crippen LogP contribution >= 0.6 is 0 Å². The number of amides is 1. The maximum atomic E-state index is 12.6. The van der Waals surface area contributed by atoms with E-state index < -0.39 is 0 Å². The van der Waals surface area contributed by atoms with Crippen molar-refractivity contribution in [3.8, 4) is 6.07 Å². The fourth-order valence-electron chi connectivity index (χ4n) is 4.00. The van der Waals surface area contributed by atoms with Crippen molar-refractivity contribution in [2.24, 2.45) is 11.8 Å². The molecule has 1 aromatic heterocycles. The number of carbonyl (C=O) groups excluding carboxylic acids is 1. The zero-order valence-electron chi connectivity index (χ0n) is 13.8. The van der Waals surface area contributed by atoms with Gasteiger partial charge in [0.05, 0.1) is 11.7 Å². The van der Waals surface area contributed by atoms with Crippen molar-refractivity contribution in [3.05, 3.63) is 65.5 Å². The summed E-state index contributed by atoms with van der Waals surface area (Å²) < 4.78 is 5.88. The van der Waals surface area contributed by atoms with Crippen LogP contribution in [0.25, 0.3) is 0 Å². The van der Waals surface area contributed by atoms with E-state index in [0.717, 1.165) is 19.4 Å². The number of benzene rings is 1. The van der Waals surface area contributed by atoms with E-state index in [1.54, 1.807) is 12.1 Å². The average molecular weight is 333 g/mol. The second-order valence-corrected chi connectivity index (χ2v) is 6.68. The molecule has 1 N–H and O–H groups in total. The number of hydrogen-bond donors (Lipinski definition) is 1. The molecular formula is C20H19N3O2. The number of nitrogens with zero attached hydrogens (tertiary/aromatic N) is 2. The molecule has 1 aliphatic heterocycles. The van der Waals surface area contributed by atoms with Crippen LogP contribution in [0.4, 0.5) is 0 Å². The lowest BCUT2D eigenvalue weighted by molar-refractivity contribution is -0.0528. The summed E-state index contributed by atoms with van der Waals surface area (Å²) in [5.41, 5.74) is 2.06. The molecule has 2 heterocycles. The van der Waals surface area contributed by atoms with E-state index in [4.69, 9.17) is 10.00 Å². The maximum Gasteiger partial charge on any atom is 0.253 e. The fourth-order valence-corrected chi connectivity index (χ4v) is 4.00. The van der Waals surface area contributed by atoms with Gasteiger partial charge in [0.1, 0.15) is 11.8 Å². The van der Waals surface area contributed by atoms with Gasteiger partial charge in [0.2, 0.25) is 0 Å². The molecule has 25 heavy (non-hydrogen) atoms. The van der Waals surface area contributed by atoms with E-state index in [0.29, 0.717) is 23.1 Å². The standard InChI is InChI=1S/C20H19N3O2/c21-11-15-7-6-14(12-22-15)20(24)23-18-16-8-9-25-19(16)17(18)10-13-4-2-1-3-5-13/h1-7,12,16-19H,8-10H2,(H,23,24)/t16-,17+,18-,19-/m1/s1. The van der Waals surface area contributed by atoms with Crippen LogP contribution in [0.5, 0.6) is 0 Å². The van der Waals surface area contributed by atoms with E-state index >= 15 is 0 Å². The van der Waals surface area contributed by atoms with Crippen LogP contribution in [0.1, 0.15) is 28.0 Å². The molecule has 0 spiro atoms. The summed E-state index contributed by atoms with van der Waals surface area (Å²) in [6, 6.07) is 15.6. The van der Waals surface area contributed by atoms with Gasteiger partial charge in [-0.05, 0) is 30.5 Å². The van der Waals surface area contributed by atoms with Gasteiger partial charge in [-0.1, -0.05) is 30.3 Å². The highest BCUT2D eigenvalue weighted by Gasteiger charge is 2.54. The maximum absolute atomic E-state index is 12.6. The molecule has 1 saturated carbocycles. The van der Waals surface area contributed by atoms with Gasteiger partial charge in [-0.15, -0.1) is 0 Å². The first-order valence-corrected chi connectivity index (χ1v) is 8.59. The quantitative estimate of drug-likeness (QED) is 0.932. The molecular weight excluding hydrogens is 314 g/mol. The number of carbonyl (C=O) groups is 1. The van der Waals surface area contributed by atoms with Crippen molar-refractivity contribution in [1.29, 1.82) is 5.26 Å². The van der Waals surface area contributed by atoms with E-state index in [9.17, 15) is 4.79 Å². The Bertz CT molecular complexity index is 798. The van der Waals surface area contributed by atoms with Crippen molar-refractivity contribution in [3.63, 3.8) is 0 Å². The molecule has 2 fully saturated rings.